The van der Waals surface area contributed by atoms with Crippen LogP contribution in [-0.2, 0) is 12.8 Å². The Morgan fingerprint density at radius 3 is 2.05 bits per heavy atom. The van der Waals surface area contributed by atoms with Gasteiger partial charge in [-0.3, -0.25) is 0 Å². The Balaban J connectivity index is 2.08. The molecule has 0 bridgehead atoms. The van der Waals surface area contributed by atoms with Crippen LogP contribution in [0.25, 0.3) is 0 Å². The average Bonchev–Trinajstić information content (AvgIpc) is 2.49. The first kappa shape index (κ1) is 14.3. The molecular weight excluding hydrogens is 250 g/mol. The summed E-state index contributed by atoms with van der Waals surface area (Å²) in [6.07, 6.45) is 2.99. The molecule has 0 spiro atoms. The Labute approximate surface area is 120 Å². The van der Waals surface area contributed by atoms with Crippen LogP contribution in [0.5, 0.6) is 11.5 Å². The summed E-state index contributed by atoms with van der Waals surface area (Å²) in [5.74, 6) is 1.60. The van der Waals surface area contributed by atoms with E-state index in [0.717, 1.165) is 36.3 Å². The fraction of sp³-hybridized carbons (Fsp3) is 0.294. The van der Waals surface area contributed by atoms with E-state index in [2.05, 4.69) is 24.3 Å². The highest BCUT2D eigenvalue weighted by atomic mass is 16.5. The Morgan fingerprint density at radius 2 is 1.50 bits per heavy atom. The van der Waals surface area contributed by atoms with E-state index in [1.54, 1.807) is 14.2 Å². The largest absolute Gasteiger partial charge is 0.496 e. The maximum absolute atomic E-state index is 5.84. The summed E-state index contributed by atoms with van der Waals surface area (Å²) in [6, 6.07) is 14.2. The molecule has 0 amide bonds. The molecular formula is C17H21NO2. The highest BCUT2D eigenvalue weighted by Crippen LogP contribution is 2.32. The van der Waals surface area contributed by atoms with Crippen molar-refractivity contribution in [1.82, 2.24) is 0 Å². The minimum absolute atomic E-state index is 0.658. The molecule has 0 atom stereocenters. The van der Waals surface area contributed by atoms with Crippen LogP contribution in [0.15, 0.2) is 42.5 Å². The van der Waals surface area contributed by atoms with E-state index in [-0.39, 0.29) is 0 Å². The van der Waals surface area contributed by atoms with Crippen molar-refractivity contribution in [3.63, 3.8) is 0 Å². The van der Waals surface area contributed by atoms with Gasteiger partial charge in [0.1, 0.15) is 11.5 Å². The summed E-state index contributed by atoms with van der Waals surface area (Å²) in [5.41, 5.74) is 8.93. The zero-order chi connectivity index (χ0) is 14.4. The van der Waals surface area contributed by atoms with Gasteiger partial charge in [-0.15, -0.1) is 0 Å². The van der Waals surface area contributed by atoms with E-state index in [1.165, 1.54) is 5.56 Å². The normalized spacial score (nSPS) is 10.3. The standard InChI is InChI=1S/C17H21NO2/c1-19-16-11-14(18)12-17(20-2)15(16)10-6-9-13-7-4-3-5-8-13/h3-5,7-8,11-12H,6,9-10,18H2,1-2H3. The Bertz CT molecular complexity index is 527. The number of benzene rings is 2. The summed E-state index contributed by atoms with van der Waals surface area (Å²) in [4.78, 5) is 0. The van der Waals surface area contributed by atoms with Crippen molar-refractivity contribution in [3.8, 4) is 11.5 Å². The van der Waals surface area contributed by atoms with Crippen molar-refractivity contribution >= 4 is 5.69 Å². The fourth-order valence-corrected chi connectivity index (χ4v) is 2.36. The summed E-state index contributed by atoms with van der Waals surface area (Å²) in [5, 5.41) is 0. The van der Waals surface area contributed by atoms with Crippen molar-refractivity contribution in [1.29, 1.82) is 0 Å². The molecule has 0 saturated carbocycles. The molecule has 106 valence electrons. The highest BCUT2D eigenvalue weighted by Gasteiger charge is 2.11. The van der Waals surface area contributed by atoms with Crippen LogP contribution >= 0.6 is 0 Å². The molecule has 20 heavy (non-hydrogen) atoms. The zero-order valence-electron chi connectivity index (χ0n) is 12.1. The van der Waals surface area contributed by atoms with E-state index < -0.39 is 0 Å². The van der Waals surface area contributed by atoms with Gasteiger partial charge in [0.2, 0.25) is 0 Å². The monoisotopic (exact) mass is 271 g/mol. The lowest BCUT2D eigenvalue weighted by molar-refractivity contribution is 0.385. The van der Waals surface area contributed by atoms with E-state index in [4.69, 9.17) is 15.2 Å². The maximum Gasteiger partial charge on any atom is 0.127 e. The Kier molecular flexibility index (Phi) is 4.88. The Morgan fingerprint density at radius 1 is 0.900 bits per heavy atom. The number of rotatable bonds is 6. The first-order valence-corrected chi connectivity index (χ1v) is 6.79. The summed E-state index contributed by atoms with van der Waals surface area (Å²) < 4.78 is 10.8. The number of methoxy groups -OCH3 is 2. The first-order valence-electron chi connectivity index (χ1n) is 6.79. The van der Waals surface area contributed by atoms with Crippen molar-refractivity contribution < 1.29 is 9.47 Å². The lowest BCUT2D eigenvalue weighted by atomic mass is 10.0. The molecule has 0 fully saturated rings. The molecule has 0 aliphatic heterocycles. The third kappa shape index (κ3) is 3.44. The highest BCUT2D eigenvalue weighted by molar-refractivity contribution is 5.56. The van der Waals surface area contributed by atoms with E-state index in [0.29, 0.717) is 5.69 Å². The van der Waals surface area contributed by atoms with Crippen LogP contribution in [-0.4, -0.2) is 14.2 Å². The molecule has 3 heteroatoms. The SMILES string of the molecule is COc1cc(N)cc(OC)c1CCCc1ccccc1. The summed E-state index contributed by atoms with van der Waals surface area (Å²) in [7, 11) is 3.32. The number of nitrogen functional groups attached to an aromatic ring is 1. The lowest BCUT2D eigenvalue weighted by Crippen LogP contribution is -2.00. The molecule has 2 N–H and O–H groups in total. The number of ether oxygens (including phenoxy) is 2. The second kappa shape index (κ2) is 6.85. The minimum atomic E-state index is 0.658. The van der Waals surface area contributed by atoms with E-state index in [9.17, 15) is 0 Å². The zero-order valence-corrected chi connectivity index (χ0v) is 12.1. The van der Waals surface area contributed by atoms with Crippen LogP contribution in [0, 0.1) is 0 Å². The maximum atomic E-state index is 5.84. The van der Waals surface area contributed by atoms with Gasteiger partial charge in [-0.1, -0.05) is 30.3 Å². The van der Waals surface area contributed by atoms with Gasteiger partial charge in [0, 0.05) is 23.4 Å². The van der Waals surface area contributed by atoms with Crippen molar-refractivity contribution in [2.45, 2.75) is 19.3 Å². The molecule has 2 aromatic rings. The van der Waals surface area contributed by atoms with Gasteiger partial charge in [-0.2, -0.15) is 0 Å². The van der Waals surface area contributed by atoms with Gasteiger partial charge < -0.3 is 15.2 Å². The molecule has 2 rings (SSSR count). The van der Waals surface area contributed by atoms with Crippen LogP contribution in [0.1, 0.15) is 17.5 Å². The number of aryl methyl sites for hydroxylation is 1. The first-order chi connectivity index (χ1) is 9.74. The molecule has 0 saturated heterocycles. The molecule has 0 aliphatic carbocycles. The number of hydrogen-bond acceptors (Lipinski definition) is 3. The lowest BCUT2D eigenvalue weighted by Gasteiger charge is -2.14. The molecule has 3 nitrogen and oxygen atoms in total. The average molecular weight is 271 g/mol. The predicted molar refractivity (Wildman–Crippen MR) is 82.4 cm³/mol. The van der Waals surface area contributed by atoms with Gasteiger partial charge in [-0.05, 0) is 24.8 Å². The van der Waals surface area contributed by atoms with Crippen LogP contribution in [0.3, 0.4) is 0 Å². The third-order valence-corrected chi connectivity index (χ3v) is 3.37. The number of hydrogen-bond donors (Lipinski definition) is 1. The quantitative estimate of drug-likeness (QED) is 0.818. The van der Waals surface area contributed by atoms with Crippen molar-refractivity contribution in [2.75, 3.05) is 20.0 Å². The number of anilines is 1. The molecule has 0 aromatic heterocycles. The van der Waals surface area contributed by atoms with Gasteiger partial charge in [0.25, 0.3) is 0 Å². The molecule has 0 aliphatic rings. The summed E-state index contributed by atoms with van der Waals surface area (Å²) in [6.45, 7) is 0. The van der Waals surface area contributed by atoms with Crippen molar-refractivity contribution in [2.24, 2.45) is 0 Å². The van der Waals surface area contributed by atoms with Crippen LogP contribution in [0.4, 0.5) is 5.69 Å². The topological polar surface area (TPSA) is 44.5 Å². The van der Waals surface area contributed by atoms with Gasteiger partial charge in [0.05, 0.1) is 14.2 Å². The summed E-state index contributed by atoms with van der Waals surface area (Å²) >= 11 is 0. The Hall–Kier alpha value is -2.16. The van der Waals surface area contributed by atoms with Gasteiger partial charge in [-0.25, -0.2) is 0 Å². The molecule has 0 radical (unpaired) electrons. The van der Waals surface area contributed by atoms with Gasteiger partial charge in [0.15, 0.2) is 0 Å². The van der Waals surface area contributed by atoms with Crippen LogP contribution in [0.2, 0.25) is 0 Å². The molecule has 2 aromatic carbocycles. The third-order valence-electron chi connectivity index (χ3n) is 3.37. The minimum Gasteiger partial charge on any atom is -0.496 e. The molecule has 0 heterocycles. The second-order valence-electron chi connectivity index (χ2n) is 4.74. The smallest absolute Gasteiger partial charge is 0.127 e. The number of nitrogens with two attached hydrogens (primary N) is 1. The van der Waals surface area contributed by atoms with E-state index in [1.807, 2.05) is 18.2 Å². The molecule has 0 unspecified atom stereocenters. The predicted octanol–water partition coefficient (Wildman–Crippen LogP) is 3.46. The fourth-order valence-electron chi connectivity index (χ4n) is 2.36. The van der Waals surface area contributed by atoms with E-state index >= 15 is 0 Å². The van der Waals surface area contributed by atoms with Crippen LogP contribution < -0.4 is 15.2 Å². The van der Waals surface area contributed by atoms with Crippen molar-refractivity contribution in [3.05, 3.63) is 53.6 Å². The van der Waals surface area contributed by atoms with Gasteiger partial charge >= 0.3 is 0 Å². The second-order valence-corrected chi connectivity index (χ2v) is 4.74.